The molecular weight excluding hydrogens is 647 g/mol. The number of benzene rings is 8. The minimum Gasteiger partial charge on any atom is -0.208 e. The molecule has 11 rings (SSSR count). The first-order valence-electron chi connectivity index (χ1n) is 16.7. The Morgan fingerprint density at radius 3 is 1.58 bits per heavy atom. The van der Waals surface area contributed by atoms with E-state index in [-0.39, 0.29) is 0 Å². The van der Waals surface area contributed by atoms with Gasteiger partial charge in [0.05, 0.1) is 0 Å². The maximum absolute atomic E-state index is 5.13. The summed E-state index contributed by atoms with van der Waals surface area (Å²) < 4.78 is 5.19. The van der Waals surface area contributed by atoms with Gasteiger partial charge in [0.1, 0.15) is 0 Å². The molecular formula is C45H25N3S2. The number of aromatic nitrogens is 3. The quantitative estimate of drug-likeness (QED) is 0.176. The largest absolute Gasteiger partial charge is 0.208 e. The van der Waals surface area contributed by atoms with Crippen molar-refractivity contribution < 1.29 is 0 Å². The average Bonchev–Trinajstić information content (AvgIpc) is 3.74. The van der Waals surface area contributed by atoms with Gasteiger partial charge in [-0.1, -0.05) is 103 Å². The lowest BCUT2D eigenvalue weighted by atomic mass is 9.94. The minimum atomic E-state index is 0.662. The fourth-order valence-corrected chi connectivity index (χ4v) is 9.68. The van der Waals surface area contributed by atoms with E-state index < -0.39 is 0 Å². The predicted octanol–water partition coefficient (Wildman–Crippen LogP) is 13.1. The van der Waals surface area contributed by atoms with Crippen LogP contribution in [0.5, 0.6) is 0 Å². The fourth-order valence-electron chi connectivity index (χ4n) is 7.46. The highest BCUT2D eigenvalue weighted by Crippen LogP contribution is 2.41. The Balaban J connectivity index is 1.11. The second kappa shape index (κ2) is 10.7. The molecule has 11 aromatic rings. The number of hydrogen-bond donors (Lipinski definition) is 0. The van der Waals surface area contributed by atoms with Crippen LogP contribution in [0.1, 0.15) is 0 Å². The van der Waals surface area contributed by atoms with Gasteiger partial charge >= 0.3 is 0 Å². The zero-order chi connectivity index (χ0) is 32.8. The van der Waals surface area contributed by atoms with Crippen LogP contribution in [0.2, 0.25) is 0 Å². The normalized spacial score (nSPS) is 12.0. The number of hydrogen-bond acceptors (Lipinski definition) is 5. The summed E-state index contributed by atoms with van der Waals surface area (Å²) in [5, 5.41) is 12.6. The number of fused-ring (bicyclic) bond motifs is 11. The second-order valence-corrected chi connectivity index (χ2v) is 15.0. The van der Waals surface area contributed by atoms with Gasteiger partial charge in [-0.05, 0) is 80.8 Å². The van der Waals surface area contributed by atoms with Crippen LogP contribution in [-0.2, 0) is 0 Å². The predicted molar refractivity (Wildman–Crippen MR) is 214 cm³/mol. The molecule has 3 aromatic heterocycles. The van der Waals surface area contributed by atoms with Crippen molar-refractivity contribution in [3.8, 4) is 34.2 Å². The third-order valence-electron chi connectivity index (χ3n) is 9.87. The van der Waals surface area contributed by atoms with E-state index in [1.165, 1.54) is 67.3 Å². The highest BCUT2D eigenvalue weighted by atomic mass is 32.1. The molecule has 0 saturated carbocycles. The van der Waals surface area contributed by atoms with Crippen LogP contribution >= 0.6 is 22.7 Å². The number of rotatable bonds is 3. The van der Waals surface area contributed by atoms with E-state index >= 15 is 0 Å². The number of thiophene rings is 2. The van der Waals surface area contributed by atoms with Gasteiger partial charge in [-0.25, -0.2) is 15.0 Å². The summed E-state index contributed by atoms with van der Waals surface area (Å²) in [7, 11) is 0. The lowest BCUT2D eigenvalue weighted by Crippen LogP contribution is -2.00. The highest BCUT2D eigenvalue weighted by molar-refractivity contribution is 7.26. The Morgan fingerprint density at radius 2 is 0.840 bits per heavy atom. The smallest absolute Gasteiger partial charge is 0.164 e. The van der Waals surface area contributed by atoms with Crippen molar-refractivity contribution in [2.45, 2.75) is 0 Å². The summed E-state index contributed by atoms with van der Waals surface area (Å²) in [5.74, 6) is 2.00. The Labute approximate surface area is 294 Å². The molecule has 0 bridgehead atoms. The molecule has 3 nitrogen and oxygen atoms in total. The van der Waals surface area contributed by atoms with E-state index in [2.05, 4.69) is 133 Å². The summed E-state index contributed by atoms with van der Waals surface area (Å²) in [6.07, 6.45) is 0. The lowest BCUT2D eigenvalue weighted by molar-refractivity contribution is 1.08. The molecule has 0 fully saturated rings. The van der Waals surface area contributed by atoms with Crippen molar-refractivity contribution in [1.82, 2.24) is 15.0 Å². The van der Waals surface area contributed by atoms with Crippen LogP contribution in [-0.4, -0.2) is 15.0 Å². The Kier molecular flexibility index (Phi) is 5.99. The molecule has 0 unspecified atom stereocenters. The van der Waals surface area contributed by atoms with E-state index in [0.29, 0.717) is 17.5 Å². The molecule has 0 aliphatic rings. The van der Waals surface area contributed by atoms with E-state index in [1.54, 1.807) is 0 Å². The molecule has 8 aromatic carbocycles. The molecule has 0 N–H and O–H groups in total. The summed E-state index contributed by atoms with van der Waals surface area (Å²) in [6, 6.07) is 54.4. The van der Waals surface area contributed by atoms with Gasteiger partial charge in [-0.15, -0.1) is 22.7 Å². The van der Waals surface area contributed by atoms with E-state index in [9.17, 15) is 0 Å². The van der Waals surface area contributed by atoms with Crippen molar-refractivity contribution in [3.05, 3.63) is 152 Å². The van der Waals surface area contributed by atoms with Crippen molar-refractivity contribution in [3.63, 3.8) is 0 Å². The Bertz CT molecular complexity index is 3160. The first-order chi connectivity index (χ1) is 24.7. The van der Waals surface area contributed by atoms with Gasteiger partial charge in [-0.2, -0.15) is 0 Å². The topological polar surface area (TPSA) is 38.7 Å². The van der Waals surface area contributed by atoms with Crippen molar-refractivity contribution in [2.24, 2.45) is 0 Å². The first kappa shape index (κ1) is 27.9. The SMILES string of the molecule is c1ccc(-c2nc(-c3ccc4c(ccc5ccc6cc7sc8ccccc8c7cc6c54)c3)nc(-c3ccc4sc5ccccc5c4c3)n2)cc1. The standard InChI is InChI=1S/C45H25N3S2/c1-2-8-27(9-3-1)43-46-44(48-45(47-43)31-19-21-40-36(23-31)33-10-4-6-12-38(33)49-40)30-18-20-32-28(22-30)16-14-26-15-17-29-24-41-37(25-35(29)42(26)32)34-11-5-7-13-39(34)50-41/h1-25H. The average molecular weight is 672 g/mol. The molecule has 0 atom stereocenters. The zero-order valence-corrected chi connectivity index (χ0v) is 28.2. The maximum atomic E-state index is 5.13. The van der Waals surface area contributed by atoms with Gasteiger partial charge in [0, 0.05) is 57.0 Å². The highest BCUT2D eigenvalue weighted by Gasteiger charge is 2.16. The lowest BCUT2D eigenvalue weighted by Gasteiger charge is -2.11. The van der Waals surface area contributed by atoms with Crippen LogP contribution in [0.3, 0.4) is 0 Å². The molecule has 50 heavy (non-hydrogen) atoms. The van der Waals surface area contributed by atoms with Gasteiger partial charge in [0.15, 0.2) is 17.5 Å². The molecule has 3 heterocycles. The summed E-state index contributed by atoms with van der Waals surface area (Å²) in [4.78, 5) is 15.2. The molecule has 0 aliphatic heterocycles. The third kappa shape index (κ3) is 4.31. The second-order valence-electron chi connectivity index (χ2n) is 12.8. The van der Waals surface area contributed by atoms with E-state index in [0.717, 1.165) is 22.1 Å². The third-order valence-corrected chi connectivity index (χ3v) is 12.2. The van der Waals surface area contributed by atoms with E-state index in [4.69, 9.17) is 15.0 Å². The molecule has 5 heteroatoms. The van der Waals surface area contributed by atoms with Gasteiger partial charge in [0.2, 0.25) is 0 Å². The van der Waals surface area contributed by atoms with Gasteiger partial charge in [-0.3, -0.25) is 0 Å². The molecule has 0 aliphatic carbocycles. The van der Waals surface area contributed by atoms with Gasteiger partial charge in [0.25, 0.3) is 0 Å². The first-order valence-corrected chi connectivity index (χ1v) is 18.3. The molecule has 0 spiro atoms. The molecule has 0 saturated heterocycles. The monoisotopic (exact) mass is 671 g/mol. The summed E-state index contributed by atoms with van der Waals surface area (Å²) in [5.41, 5.74) is 2.91. The van der Waals surface area contributed by atoms with E-state index in [1.807, 2.05) is 40.9 Å². The fraction of sp³-hybridized carbons (Fsp3) is 0. The van der Waals surface area contributed by atoms with Crippen LogP contribution in [0.15, 0.2) is 152 Å². The summed E-state index contributed by atoms with van der Waals surface area (Å²) >= 11 is 3.68. The zero-order valence-electron chi connectivity index (χ0n) is 26.6. The van der Waals surface area contributed by atoms with Crippen LogP contribution < -0.4 is 0 Å². The summed E-state index contributed by atoms with van der Waals surface area (Å²) in [6.45, 7) is 0. The van der Waals surface area contributed by atoms with Crippen LogP contribution in [0.25, 0.3) is 107 Å². The van der Waals surface area contributed by atoms with Crippen molar-refractivity contribution in [1.29, 1.82) is 0 Å². The molecule has 0 radical (unpaired) electrons. The number of nitrogens with zero attached hydrogens (tertiary/aromatic N) is 3. The van der Waals surface area contributed by atoms with Crippen LogP contribution in [0.4, 0.5) is 0 Å². The van der Waals surface area contributed by atoms with Crippen LogP contribution in [0, 0.1) is 0 Å². The molecule has 0 amide bonds. The van der Waals surface area contributed by atoms with Crippen molar-refractivity contribution >= 4 is 95.3 Å². The Hall–Kier alpha value is -6.01. The van der Waals surface area contributed by atoms with Gasteiger partial charge < -0.3 is 0 Å². The Morgan fingerprint density at radius 1 is 0.300 bits per heavy atom. The minimum absolute atomic E-state index is 0.662. The molecule has 232 valence electrons. The van der Waals surface area contributed by atoms with Crippen molar-refractivity contribution in [2.75, 3.05) is 0 Å². The maximum Gasteiger partial charge on any atom is 0.164 e.